The van der Waals surface area contributed by atoms with Gasteiger partial charge in [0.15, 0.2) is 11.5 Å². The maximum atomic E-state index is 14.3. The van der Waals surface area contributed by atoms with Crippen molar-refractivity contribution in [3.05, 3.63) is 84.4 Å². The number of fused-ring (bicyclic) bond motifs is 1. The monoisotopic (exact) mass is 445 g/mol. The number of methoxy groups -OCH3 is 1. The zero-order valence-electron chi connectivity index (χ0n) is 18.3. The summed E-state index contributed by atoms with van der Waals surface area (Å²) in [6.07, 6.45) is 0.283. The topological polar surface area (TPSA) is 56.6 Å². The fraction of sp³-hybridized carbons (Fsp3) is 0.231. The molecule has 3 aromatic carbocycles. The summed E-state index contributed by atoms with van der Waals surface area (Å²) < 4.78 is 27.8. The van der Waals surface area contributed by atoms with Gasteiger partial charge in [-0.15, -0.1) is 0 Å². The minimum absolute atomic E-state index is 0.103. The number of anilines is 1. The fourth-order valence-corrected chi connectivity index (χ4v) is 4.41. The van der Waals surface area contributed by atoms with Crippen molar-refractivity contribution in [2.75, 3.05) is 25.2 Å². The molecule has 33 heavy (non-hydrogen) atoms. The first-order valence-electron chi connectivity index (χ1n) is 10.9. The van der Waals surface area contributed by atoms with E-state index >= 15 is 0 Å². The van der Waals surface area contributed by atoms with E-state index in [0.717, 1.165) is 16.9 Å². The van der Waals surface area contributed by atoms with Gasteiger partial charge < -0.3 is 18.9 Å². The number of nitrogens with zero attached hydrogens (tertiary/aromatic N) is 3. The van der Waals surface area contributed by atoms with Crippen LogP contribution in [-0.2, 0) is 11.3 Å². The Balaban J connectivity index is 1.41. The Morgan fingerprint density at radius 1 is 1.00 bits per heavy atom. The summed E-state index contributed by atoms with van der Waals surface area (Å²) in [6, 6.07) is 21.8. The Bertz CT molecular complexity index is 1300. The molecule has 0 unspecified atom stereocenters. The molecular weight excluding hydrogens is 421 g/mol. The Morgan fingerprint density at radius 2 is 1.73 bits per heavy atom. The second-order valence-corrected chi connectivity index (χ2v) is 7.97. The summed E-state index contributed by atoms with van der Waals surface area (Å²) in [5.74, 6) is 1.52. The number of carbonyl (C=O) groups is 1. The van der Waals surface area contributed by atoms with E-state index in [2.05, 4.69) is 4.57 Å². The molecule has 168 valence electrons. The van der Waals surface area contributed by atoms with Gasteiger partial charge >= 0.3 is 0 Å². The number of carbonyl (C=O) groups excluding carboxylic acids is 1. The molecule has 0 radical (unpaired) electrons. The lowest BCUT2D eigenvalue weighted by atomic mass is 10.1. The van der Waals surface area contributed by atoms with Crippen LogP contribution < -0.4 is 14.4 Å². The van der Waals surface area contributed by atoms with Crippen molar-refractivity contribution in [1.82, 2.24) is 9.55 Å². The highest BCUT2D eigenvalue weighted by Crippen LogP contribution is 2.34. The molecule has 0 N–H and O–H groups in total. The molecule has 1 saturated heterocycles. The van der Waals surface area contributed by atoms with Crippen LogP contribution in [0.3, 0.4) is 0 Å². The molecular formula is C26H24FN3O3. The van der Waals surface area contributed by atoms with E-state index in [1.807, 2.05) is 48.5 Å². The van der Waals surface area contributed by atoms with Crippen LogP contribution in [0.2, 0.25) is 0 Å². The number of benzene rings is 3. The van der Waals surface area contributed by atoms with E-state index in [4.69, 9.17) is 14.5 Å². The van der Waals surface area contributed by atoms with E-state index < -0.39 is 5.82 Å². The van der Waals surface area contributed by atoms with Crippen LogP contribution >= 0.6 is 0 Å². The highest BCUT2D eigenvalue weighted by Gasteiger charge is 2.35. The molecule has 1 atom stereocenters. The van der Waals surface area contributed by atoms with E-state index in [1.165, 1.54) is 11.0 Å². The minimum Gasteiger partial charge on any atom is -0.493 e. The summed E-state index contributed by atoms with van der Waals surface area (Å²) in [6.45, 7) is 1.35. The number of ether oxygens (including phenoxy) is 2. The Kier molecular flexibility index (Phi) is 5.69. The van der Waals surface area contributed by atoms with Crippen LogP contribution in [0, 0.1) is 5.82 Å². The van der Waals surface area contributed by atoms with Crippen LogP contribution in [0.15, 0.2) is 72.8 Å². The summed E-state index contributed by atoms with van der Waals surface area (Å²) >= 11 is 0. The van der Waals surface area contributed by atoms with E-state index in [9.17, 15) is 9.18 Å². The number of aromatic nitrogens is 2. The predicted octanol–water partition coefficient (Wildman–Crippen LogP) is 4.78. The third-order valence-electron chi connectivity index (χ3n) is 5.96. The van der Waals surface area contributed by atoms with Gasteiger partial charge in [0.2, 0.25) is 5.91 Å². The van der Waals surface area contributed by atoms with E-state index in [-0.39, 0.29) is 18.2 Å². The number of hydrogen-bond donors (Lipinski definition) is 0. The molecule has 1 aliphatic heterocycles. The third-order valence-corrected chi connectivity index (χ3v) is 5.96. The normalized spacial score (nSPS) is 15.9. The summed E-state index contributed by atoms with van der Waals surface area (Å²) in [7, 11) is 1.61. The van der Waals surface area contributed by atoms with Crippen LogP contribution in [0.25, 0.3) is 11.0 Å². The molecule has 0 aliphatic carbocycles. The molecule has 6 nitrogen and oxygen atoms in total. The van der Waals surface area contributed by atoms with Crippen molar-refractivity contribution in [3.63, 3.8) is 0 Å². The molecule has 1 amide bonds. The molecule has 1 aliphatic rings. The smallest absolute Gasteiger partial charge is 0.227 e. The molecule has 0 saturated carbocycles. The quantitative estimate of drug-likeness (QED) is 0.411. The first-order valence-corrected chi connectivity index (χ1v) is 10.9. The number of hydrogen-bond acceptors (Lipinski definition) is 4. The van der Waals surface area contributed by atoms with Crippen molar-refractivity contribution in [3.8, 4) is 11.5 Å². The van der Waals surface area contributed by atoms with Gasteiger partial charge in [0.25, 0.3) is 0 Å². The van der Waals surface area contributed by atoms with Gasteiger partial charge in [0, 0.05) is 18.9 Å². The average Bonchev–Trinajstić information content (AvgIpc) is 3.40. The SMILES string of the molecule is COc1ccccc1OCCn1c([C@@H]2CC(=O)N(c3ccccc3F)C2)nc2ccccc21. The lowest BCUT2D eigenvalue weighted by Crippen LogP contribution is -2.25. The number of para-hydroxylation sites is 5. The van der Waals surface area contributed by atoms with Gasteiger partial charge in [0.05, 0.1) is 30.4 Å². The molecule has 1 aromatic heterocycles. The third kappa shape index (κ3) is 4.02. The first kappa shape index (κ1) is 21.0. The van der Waals surface area contributed by atoms with Gasteiger partial charge in [-0.3, -0.25) is 4.79 Å². The lowest BCUT2D eigenvalue weighted by molar-refractivity contribution is -0.117. The molecule has 0 bridgehead atoms. The Morgan fingerprint density at radius 3 is 2.55 bits per heavy atom. The van der Waals surface area contributed by atoms with Crippen molar-refractivity contribution in [2.45, 2.75) is 18.9 Å². The van der Waals surface area contributed by atoms with Crippen LogP contribution in [0.4, 0.5) is 10.1 Å². The zero-order chi connectivity index (χ0) is 22.8. The van der Waals surface area contributed by atoms with Gasteiger partial charge in [-0.1, -0.05) is 36.4 Å². The second kappa shape index (κ2) is 8.94. The average molecular weight is 445 g/mol. The van der Waals surface area contributed by atoms with Crippen molar-refractivity contribution >= 4 is 22.6 Å². The maximum Gasteiger partial charge on any atom is 0.227 e. The lowest BCUT2D eigenvalue weighted by Gasteiger charge is -2.18. The molecule has 2 heterocycles. The number of halogens is 1. The molecule has 4 aromatic rings. The minimum atomic E-state index is -0.398. The molecule has 0 spiro atoms. The van der Waals surface area contributed by atoms with Crippen molar-refractivity contribution in [1.29, 1.82) is 0 Å². The summed E-state index contributed by atoms with van der Waals surface area (Å²) in [4.78, 5) is 19.2. The predicted molar refractivity (Wildman–Crippen MR) is 124 cm³/mol. The standard InChI is InChI=1S/C26H24FN3O3/c1-32-23-12-6-7-13-24(23)33-15-14-29-22-11-5-3-9-20(22)28-26(29)18-16-25(31)30(17-18)21-10-4-2-8-19(21)27/h2-13,18H,14-17H2,1H3/t18-/m1/s1. The van der Waals surface area contributed by atoms with Crippen LogP contribution in [0.1, 0.15) is 18.2 Å². The molecule has 7 heteroatoms. The highest BCUT2D eigenvalue weighted by molar-refractivity contribution is 5.96. The Labute approximate surface area is 191 Å². The maximum absolute atomic E-state index is 14.3. The van der Waals surface area contributed by atoms with Gasteiger partial charge in [-0.05, 0) is 36.4 Å². The summed E-state index contributed by atoms with van der Waals surface area (Å²) in [5, 5.41) is 0. The summed E-state index contributed by atoms with van der Waals surface area (Å²) in [5.41, 5.74) is 2.15. The van der Waals surface area contributed by atoms with Gasteiger partial charge in [-0.25, -0.2) is 9.37 Å². The number of imidazole rings is 1. The van der Waals surface area contributed by atoms with E-state index in [0.29, 0.717) is 36.9 Å². The van der Waals surface area contributed by atoms with Crippen LogP contribution in [0.5, 0.6) is 11.5 Å². The zero-order valence-corrected chi connectivity index (χ0v) is 18.3. The van der Waals surface area contributed by atoms with Crippen LogP contribution in [-0.4, -0.2) is 35.7 Å². The van der Waals surface area contributed by atoms with Crippen molar-refractivity contribution < 1.29 is 18.7 Å². The van der Waals surface area contributed by atoms with Gasteiger partial charge in [-0.2, -0.15) is 0 Å². The van der Waals surface area contributed by atoms with Crippen molar-refractivity contribution in [2.24, 2.45) is 0 Å². The largest absolute Gasteiger partial charge is 0.493 e. The first-order chi connectivity index (χ1) is 16.2. The molecule has 1 fully saturated rings. The van der Waals surface area contributed by atoms with Gasteiger partial charge in [0.1, 0.15) is 18.2 Å². The molecule has 5 rings (SSSR count). The fourth-order valence-electron chi connectivity index (χ4n) is 4.41. The second-order valence-electron chi connectivity index (χ2n) is 7.97. The Hall–Kier alpha value is -3.87. The number of amides is 1. The highest BCUT2D eigenvalue weighted by atomic mass is 19.1. The number of rotatable bonds is 7. The van der Waals surface area contributed by atoms with E-state index in [1.54, 1.807) is 25.3 Å².